The number of rotatable bonds is 10. The van der Waals surface area contributed by atoms with E-state index in [0.29, 0.717) is 31.8 Å². The van der Waals surface area contributed by atoms with Crippen LogP contribution in [0.15, 0.2) is 0 Å². The molecule has 0 bridgehead atoms. The molecule has 0 aliphatic heterocycles. The van der Waals surface area contributed by atoms with E-state index < -0.39 is 23.0 Å². The third kappa shape index (κ3) is 5.70. The molecule has 0 saturated heterocycles. The van der Waals surface area contributed by atoms with Crippen molar-refractivity contribution in [2.75, 3.05) is 20.3 Å². The van der Waals surface area contributed by atoms with Crippen molar-refractivity contribution in [1.82, 2.24) is 0 Å². The van der Waals surface area contributed by atoms with Crippen LogP contribution in [0, 0.1) is 11.3 Å². The summed E-state index contributed by atoms with van der Waals surface area (Å²) in [6.45, 7) is 7.89. The van der Waals surface area contributed by atoms with Crippen LogP contribution in [0.25, 0.3) is 0 Å². The molecule has 0 heterocycles. The van der Waals surface area contributed by atoms with Crippen LogP contribution in [0.2, 0.25) is 0 Å². The summed E-state index contributed by atoms with van der Waals surface area (Å²) in [6, 6.07) is 0. The van der Waals surface area contributed by atoms with E-state index in [1.54, 1.807) is 6.92 Å². The highest BCUT2D eigenvalue weighted by Crippen LogP contribution is 2.31. The SMILES string of the molecule is CCC(CC)(CC)OC(=O)C(C)(COC)C(=O)OCC1CCCCC1. The monoisotopic (exact) mass is 356 g/mol. The smallest absolute Gasteiger partial charge is 0.326 e. The second-order valence-electron chi connectivity index (χ2n) is 7.50. The van der Waals surface area contributed by atoms with Crippen molar-refractivity contribution in [3.8, 4) is 0 Å². The maximum atomic E-state index is 12.8. The summed E-state index contributed by atoms with van der Waals surface area (Å²) < 4.78 is 16.5. The summed E-state index contributed by atoms with van der Waals surface area (Å²) in [5, 5.41) is 0. The largest absolute Gasteiger partial charge is 0.464 e. The predicted octanol–water partition coefficient (Wildman–Crippen LogP) is 4.27. The Bertz CT molecular complexity index is 416. The minimum atomic E-state index is -1.42. The van der Waals surface area contributed by atoms with E-state index in [-0.39, 0.29) is 6.61 Å². The Hall–Kier alpha value is -1.10. The minimum absolute atomic E-state index is 0.0391. The molecule has 0 amide bonds. The van der Waals surface area contributed by atoms with Gasteiger partial charge in [0.2, 0.25) is 0 Å². The molecular weight excluding hydrogens is 320 g/mol. The Morgan fingerprint density at radius 1 is 0.960 bits per heavy atom. The average molecular weight is 357 g/mol. The molecule has 0 N–H and O–H groups in total. The molecule has 0 aromatic carbocycles. The van der Waals surface area contributed by atoms with Gasteiger partial charge in [0.05, 0.1) is 13.2 Å². The molecule has 1 unspecified atom stereocenters. The van der Waals surface area contributed by atoms with Gasteiger partial charge in [-0.25, -0.2) is 0 Å². The van der Waals surface area contributed by atoms with Gasteiger partial charge in [-0.15, -0.1) is 0 Å². The van der Waals surface area contributed by atoms with Gasteiger partial charge in [0, 0.05) is 7.11 Å². The molecule has 5 nitrogen and oxygen atoms in total. The van der Waals surface area contributed by atoms with Crippen LogP contribution in [0.5, 0.6) is 0 Å². The number of methoxy groups -OCH3 is 1. The van der Waals surface area contributed by atoms with E-state index in [9.17, 15) is 9.59 Å². The minimum Gasteiger partial charge on any atom is -0.464 e. The van der Waals surface area contributed by atoms with Crippen molar-refractivity contribution < 1.29 is 23.8 Å². The van der Waals surface area contributed by atoms with Gasteiger partial charge in [0.15, 0.2) is 5.41 Å². The van der Waals surface area contributed by atoms with Crippen LogP contribution >= 0.6 is 0 Å². The van der Waals surface area contributed by atoms with Gasteiger partial charge in [-0.1, -0.05) is 40.0 Å². The molecule has 5 heteroatoms. The van der Waals surface area contributed by atoms with Crippen LogP contribution in [0.3, 0.4) is 0 Å². The van der Waals surface area contributed by atoms with E-state index in [2.05, 4.69) is 0 Å². The van der Waals surface area contributed by atoms with Crippen molar-refractivity contribution in [2.45, 2.75) is 84.7 Å². The number of ether oxygens (including phenoxy) is 3. The summed E-state index contributed by atoms with van der Waals surface area (Å²) in [6.07, 6.45) is 7.94. The quantitative estimate of drug-likeness (QED) is 0.432. The van der Waals surface area contributed by atoms with Gasteiger partial charge < -0.3 is 14.2 Å². The lowest BCUT2D eigenvalue weighted by atomic mass is 9.88. The number of hydrogen-bond donors (Lipinski definition) is 0. The highest BCUT2D eigenvalue weighted by atomic mass is 16.6. The Morgan fingerprint density at radius 2 is 1.52 bits per heavy atom. The van der Waals surface area contributed by atoms with Gasteiger partial charge in [-0.2, -0.15) is 0 Å². The molecule has 0 aromatic rings. The van der Waals surface area contributed by atoms with Crippen LogP contribution in [0.1, 0.15) is 79.1 Å². The van der Waals surface area contributed by atoms with E-state index in [4.69, 9.17) is 14.2 Å². The van der Waals surface area contributed by atoms with E-state index in [0.717, 1.165) is 12.8 Å². The highest BCUT2D eigenvalue weighted by molar-refractivity contribution is 6.00. The Labute approximate surface area is 152 Å². The maximum Gasteiger partial charge on any atom is 0.326 e. The normalized spacial score (nSPS) is 18.4. The fourth-order valence-corrected chi connectivity index (χ4v) is 3.47. The van der Waals surface area contributed by atoms with Crippen molar-refractivity contribution in [3.63, 3.8) is 0 Å². The van der Waals surface area contributed by atoms with Crippen LogP contribution in [0.4, 0.5) is 0 Å². The van der Waals surface area contributed by atoms with E-state index in [1.165, 1.54) is 26.4 Å². The molecule has 1 fully saturated rings. The van der Waals surface area contributed by atoms with Crippen molar-refractivity contribution in [3.05, 3.63) is 0 Å². The zero-order valence-electron chi connectivity index (χ0n) is 16.7. The predicted molar refractivity (Wildman–Crippen MR) is 97.2 cm³/mol. The summed E-state index contributed by atoms with van der Waals surface area (Å²) >= 11 is 0. The lowest BCUT2D eigenvalue weighted by Crippen LogP contribution is -2.47. The van der Waals surface area contributed by atoms with Gasteiger partial charge in [-0.05, 0) is 44.9 Å². The van der Waals surface area contributed by atoms with Crippen LogP contribution in [-0.4, -0.2) is 37.9 Å². The standard InChI is InChI=1S/C20H36O5/c1-6-20(7-2,8-3)25-18(22)19(4,15-23-5)17(21)24-14-16-12-10-9-11-13-16/h16H,6-15H2,1-5H3. The van der Waals surface area contributed by atoms with Crippen LogP contribution < -0.4 is 0 Å². The number of esters is 2. The Morgan fingerprint density at radius 3 is 2.00 bits per heavy atom. The molecule has 0 spiro atoms. The first-order chi connectivity index (χ1) is 11.9. The van der Waals surface area contributed by atoms with Crippen LogP contribution in [-0.2, 0) is 23.8 Å². The zero-order valence-corrected chi connectivity index (χ0v) is 16.7. The number of carbonyl (C=O) groups excluding carboxylic acids is 2. The third-order valence-electron chi connectivity index (χ3n) is 5.75. The van der Waals surface area contributed by atoms with Crippen molar-refractivity contribution in [2.24, 2.45) is 11.3 Å². The molecular formula is C20H36O5. The van der Waals surface area contributed by atoms with E-state index >= 15 is 0 Å². The topological polar surface area (TPSA) is 61.8 Å². The fraction of sp³-hybridized carbons (Fsp3) is 0.900. The zero-order chi connectivity index (χ0) is 18.9. The van der Waals surface area contributed by atoms with Crippen molar-refractivity contribution >= 4 is 11.9 Å². The third-order valence-corrected chi connectivity index (χ3v) is 5.75. The number of hydrogen-bond acceptors (Lipinski definition) is 5. The first-order valence-electron chi connectivity index (χ1n) is 9.77. The summed E-state index contributed by atoms with van der Waals surface area (Å²) in [7, 11) is 1.48. The molecule has 25 heavy (non-hydrogen) atoms. The molecule has 0 radical (unpaired) electrons. The molecule has 1 aliphatic rings. The van der Waals surface area contributed by atoms with Crippen molar-refractivity contribution in [1.29, 1.82) is 0 Å². The molecule has 1 atom stereocenters. The molecule has 0 aromatic heterocycles. The summed E-state index contributed by atoms with van der Waals surface area (Å²) in [4.78, 5) is 25.5. The van der Waals surface area contributed by atoms with Gasteiger partial charge in [0.1, 0.15) is 5.60 Å². The van der Waals surface area contributed by atoms with Gasteiger partial charge in [0.25, 0.3) is 0 Å². The second kappa shape index (κ2) is 10.1. The summed E-state index contributed by atoms with van der Waals surface area (Å²) in [5.41, 5.74) is -1.95. The fourth-order valence-electron chi connectivity index (χ4n) is 3.47. The number of carbonyl (C=O) groups is 2. The highest BCUT2D eigenvalue weighted by Gasteiger charge is 2.47. The van der Waals surface area contributed by atoms with Gasteiger partial charge >= 0.3 is 11.9 Å². The molecule has 1 saturated carbocycles. The van der Waals surface area contributed by atoms with E-state index in [1.807, 2.05) is 20.8 Å². The first kappa shape index (κ1) is 21.9. The lowest BCUT2D eigenvalue weighted by Gasteiger charge is -2.35. The maximum absolute atomic E-state index is 12.8. The van der Waals surface area contributed by atoms with Gasteiger partial charge in [-0.3, -0.25) is 9.59 Å². The Balaban J connectivity index is 2.78. The average Bonchev–Trinajstić information content (AvgIpc) is 2.65. The first-order valence-corrected chi connectivity index (χ1v) is 9.77. The molecule has 1 rings (SSSR count). The summed E-state index contributed by atoms with van der Waals surface area (Å²) in [5.74, 6) is -0.683. The Kier molecular flexibility index (Phi) is 8.91. The second-order valence-corrected chi connectivity index (χ2v) is 7.50. The molecule has 1 aliphatic carbocycles. The lowest BCUT2D eigenvalue weighted by molar-refractivity contribution is -0.187. The molecule has 146 valence electrons.